The number of nitro benzene ring substituents is 1. The number of nitrogens with zero attached hydrogens (tertiary/aromatic N) is 1. The monoisotopic (exact) mass is 316 g/mol. The van der Waals surface area contributed by atoms with E-state index in [9.17, 15) is 23.3 Å². The molecular formula is C13H8ClF3N2O2. The summed E-state index contributed by atoms with van der Waals surface area (Å²) in [5.74, 6) is -4.27. The summed E-state index contributed by atoms with van der Waals surface area (Å²) in [6.45, 7) is -0.0958. The standard InChI is InChI=1S/C13H8ClF3N2O2/c14-8-1-2-12(19(20)21)7(3-8)6-18-9-4-10(15)13(17)11(16)5-9/h1-5,18H,6H2. The Balaban J connectivity index is 2.24. The Morgan fingerprint density at radius 1 is 1.14 bits per heavy atom. The molecule has 8 heteroatoms. The average molecular weight is 317 g/mol. The Morgan fingerprint density at radius 3 is 2.33 bits per heavy atom. The minimum atomic E-state index is -1.57. The van der Waals surface area contributed by atoms with Crippen LogP contribution >= 0.6 is 11.6 Å². The Kier molecular flexibility index (Phi) is 4.32. The van der Waals surface area contributed by atoms with Gasteiger partial charge in [0.1, 0.15) is 0 Å². The third-order valence-corrected chi connectivity index (χ3v) is 2.94. The topological polar surface area (TPSA) is 55.2 Å². The summed E-state index contributed by atoms with van der Waals surface area (Å²) in [6.07, 6.45) is 0. The maximum absolute atomic E-state index is 13.1. The van der Waals surface area contributed by atoms with Crippen molar-refractivity contribution in [2.24, 2.45) is 0 Å². The summed E-state index contributed by atoms with van der Waals surface area (Å²) in [6, 6.07) is 5.47. The lowest BCUT2D eigenvalue weighted by molar-refractivity contribution is -0.385. The van der Waals surface area contributed by atoms with E-state index < -0.39 is 22.4 Å². The lowest BCUT2D eigenvalue weighted by Gasteiger charge is -2.08. The zero-order valence-electron chi connectivity index (χ0n) is 10.4. The van der Waals surface area contributed by atoms with Crippen LogP contribution in [-0.4, -0.2) is 4.92 Å². The van der Waals surface area contributed by atoms with Crippen LogP contribution in [0, 0.1) is 27.6 Å². The second kappa shape index (κ2) is 6.01. The Labute approximate surface area is 122 Å². The molecule has 0 bridgehead atoms. The van der Waals surface area contributed by atoms with E-state index in [1.54, 1.807) is 0 Å². The van der Waals surface area contributed by atoms with Gasteiger partial charge < -0.3 is 5.32 Å². The number of hydrogen-bond donors (Lipinski definition) is 1. The molecule has 4 nitrogen and oxygen atoms in total. The summed E-state index contributed by atoms with van der Waals surface area (Å²) >= 11 is 5.75. The fourth-order valence-corrected chi connectivity index (χ4v) is 1.92. The van der Waals surface area contributed by atoms with E-state index >= 15 is 0 Å². The summed E-state index contributed by atoms with van der Waals surface area (Å²) in [5, 5.41) is 13.7. The first-order valence-corrected chi connectivity index (χ1v) is 6.07. The maximum Gasteiger partial charge on any atom is 0.274 e. The second-order valence-electron chi connectivity index (χ2n) is 4.14. The number of halogens is 4. The predicted octanol–water partition coefficient (Wildman–Crippen LogP) is 4.28. The smallest absolute Gasteiger partial charge is 0.274 e. The normalized spacial score (nSPS) is 10.5. The first-order chi connectivity index (χ1) is 9.88. The van der Waals surface area contributed by atoms with Crippen LogP contribution in [0.15, 0.2) is 30.3 Å². The molecule has 0 fully saturated rings. The zero-order chi connectivity index (χ0) is 15.6. The van der Waals surface area contributed by atoms with Crippen molar-refractivity contribution >= 4 is 23.0 Å². The van der Waals surface area contributed by atoms with E-state index in [1.807, 2.05) is 0 Å². The SMILES string of the molecule is O=[N+]([O-])c1ccc(Cl)cc1CNc1cc(F)c(F)c(F)c1. The van der Waals surface area contributed by atoms with Crippen LogP contribution in [0.3, 0.4) is 0 Å². The highest BCUT2D eigenvalue weighted by Crippen LogP contribution is 2.24. The summed E-state index contributed by atoms with van der Waals surface area (Å²) in [4.78, 5) is 10.3. The van der Waals surface area contributed by atoms with Gasteiger partial charge in [-0.3, -0.25) is 10.1 Å². The van der Waals surface area contributed by atoms with Gasteiger partial charge in [0, 0.05) is 35.5 Å². The van der Waals surface area contributed by atoms with Crippen LogP contribution in [0.25, 0.3) is 0 Å². The van der Waals surface area contributed by atoms with Crippen molar-refractivity contribution in [2.75, 3.05) is 5.32 Å². The van der Waals surface area contributed by atoms with E-state index in [4.69, 9.17) is 11.6 Å². The molecular weight excluding hydrogens is 309 g/mol. The molecule has 0 aliphatic heterocycles. The van der Waals surface area contributed by atoms with Crippen molar-refractivity contribution in [1.82, 2.24) is 0 Å². The van der Waals surface area contributed by atoms with Crippen molar-refractivity contribution in [3.63, 3.8) is 0 Å². The molecule has 0 aliphatic rings. The first-order valence-electron chi connectivity index (χ1n) is 5.69. The van der Waals surface area contributed by atoms with E-state index in [0.29, 0.717) is 0 Å². The third-order valence-electron chi connectivity index (χ3n) is 2.71. The molecule has 0 aliphatic carbocycles. The van der Waals surface area contributed by atoms with E-state index in [2.05, 4.69) is 5.32 Å². The van der Waals surface area contributed by atoms with Crippen LogP contribution in [-0.2, 0) is 6.54 Å². The predicted molar refractivity (Wildman–Crippen MR) is 71.7 cm³/mol. The molecule has 0 aromatic heterocycles. The number of benzene rings is 2. The van der Waals surface area contributed by atoms with Gasteiger partial charge in [0.15, 0.2) is 17.5 Å². The fraction of sp³-hybridized carbons (Fsp3) is 0.0769. The van der Waals surface area contributed by atoms with Crippen LogP contribution in [0.5, 0.6) is 0 Å². The molecule has 2 aromatic rings. The summed E-state index contributed by atoms with van der Waals surface area (Å²) in [7, 11) is 0. The maximum atomic E-state index is 13.1. The average Bonchev–Trinajstić information content (AvgIpc) is 2.42. The third kappa shape index (κ3) is 3.43. The number of nitrogens with one attached hydrogen (secondary N) is 1. The van der Waals surface area contributed by atoms with Crippen LogP contribution in [0.1, 0.15) is 5.56 Å². The summed E-state index contributed by atoms with van der Waals surface area (Å²) in [5.41, 5.74) is 0.00766. The van der Waals surface area contributed by atoms with Gasteiger partial charge in [0.25, 0.3) is 5.69 Å². The molecule has 0 saturated heterocycles. The van der Waals surface area contributed by atoms with Gasteiger partial charge >= 0.3 is 0 Å². The van der Waals surface area contributed by atoms with Crippen molar-refractivity contribution < 1.29 is 18.1 Å². The Morgan fingerprint density at radius 2 is 1.76 bits per heavy atom. The number of nitro groups is 1. The minimum absolute atomic E-state index is 0.0410. The van der Waals surface area contributed by atoms with E-state index in [1.165, 1.54) is 18.2 Å². The van der Waals surface area contributed by atoms with Crippen LogP contribution < -0.4 is 5.32 Å². The van der Waals surface area contributed by atoms with Crippen LogP contribution in [0.4, 0.5) is 24.5 Å². The molecule has 21 heavy (non-hydrogen) atoms. The molecule has 0 unspecified atom stereocenters. The number of hydrogen-bond acceptors (Lipinski definition) is 3. The largest absolute Gasteiger partial charge is 0.381 e. The van der Waals surface area contributed by atoms with E-state index in [0.717, 1.165) is 12.1 Å². The Bertz CT molecular complexity index is 687. The van der Waals surface area contributed by atoms with Crippen molar-refractivity contribution in [3.8, 4) is 0 Å². The molecule has 0 atom stereocenters. The Hall–Kier alpha value is -2.28. The number of rotatable bonds is 4. The van der Waals surface area contributed by atoms with Crippen LogP contribution in [0.2, 0.25) is 5.02 Å². The zero-order valence-corrected chi connectivity index (χ0v) is 11.1. The molecule has 2 aromatic carbocycles. The molecule has 0 saturated carbocycles. The van der Waals surface area contributed by atoms with Gasteiger partial charge in [-0.25, -0.2) is 13.2 Å². The highest BCUT2D eigenvalue weighted by atomic mass is 35.5. The van der Waals surface area contributed by atoms with Gasteiger partial charge in [0.05, 0.1) is 10.5 Å². The molecule has 0 heterocycles. The van der Waals surface area contributed by atoms with Gasteiger partial charge in [-0.15, -0.1) is 0 Å². The lowest BCUT2D eigenvalue weighted by atomic mass is 10.1. The molecule has 0 amide bonds. The molecule has 0 radical (unpaired) electrons. The molecule has 0 spiro atoms. The quantitative estimate of drug-likeness (QED) is 0.520. The fourth-order valence-electron chi connectivity index (χ4n) is 1.73. The number of anilines is 1. The molecule has 2 rings (SSSR count). The highest BCUT2D eigenvalue weighted by molar-refractivity contribution is 6.30. The lowest BCUT2D eigenvalue weighted by Crippen LogP contribution is -2.04. The van der Waals surface area contributed by atoms with Gasteiger partial charge in [-0.2, -0.15) is 0 Å². The van der Waals surface area contributed by atoms with Gasteiger partial charge in [-0.1, -0.05) is 11.6 Å². The van der Waals surface area contributed by atoms with Gasteiger partial charge in [0.2, 0.25) is 0 Å². The van der Waals surface area contributed by atoms with E-state index in [-0.39, 0.29) is 28.5 Å². The minimum Gasteiger partial charge on any atom is -0.381 e. The molecule has 110 valence electrons. The van der Waals surface area contributed by atoms with Gasteiger partial charge in [-0.05, 0) is 12.1 Å². The highest BCUT2D eigenvalue weighted by Gasteiger charge is 2.15. The first kappa shape index (κ1) is 15.1. The second-order valence-corrected chi connectivity index (χ2v) is 4.57. The van der Waals surface area contributed by atoms with Crippen molar-refractivity contribution in [1.29, 1.82) is 0 Å². The molecule has 1 N–H and O–H groups in total. The summed E-state index contributed by atoms with van der Waals surface area (Å²) < 4.78 is 38.9. The van der Waals surface area contributed by atoms with Crippen molar-refractivity contribution in [2.45, 2.75) is 6.54 Å². The van der Waals surface area contributed by atoms with Crippen molar-refractivity contribution in [3.05, 3.63) is 68.5 Å².